The summed E-state index contributed by atoms with van der Waals surface area (Å²) in [6.45, 7) is 0. The van der Waals surface area contributed by atoms with Gasteiger partial charge in [-0.25, -0.2) is 8.91 Å². The van der Waals surface area contributed by atoms with Crippen LogP contribution in [0, 0.1) is 5.82 Å². The minimum atomic E-state index is -0.582. The number of nitrogens with two attached hydrogens (primary N) is 1. The summed E-state index contributed by atoms with van der Waals surface area (Å²) in [6, 6.07) is 12.9. The third-order valence-electron chi connectivity index (χ3n) is 5.08. The zero-order chi connectivity index (χ0) is 19.4. The van der Waals surface area contributed by atoms with Crippen LogP contribution in [0.15, 0.2) is 60.9 Å². The zero-order valence-electron chi connectivity index (χ0n) is 14.6. The van der Waals surface area contributed by atoms with E-state index in [-0.39, 0.29) is 5.75 Å². The number of carbonyl (C=O) groups is 1. The molecule has 6 nitrogen and oxygen atoms in total. The maximum atomic E-state index is 14.7. The number of para-hydroxylation sites is 1. The Kier molecular flexibility index (Phi) is 3.39. The maximum absolute atomic E-state index is 14.7. The van der Waals surface area contributed by atoms with Crippen molar-refractivity contribution in [3.8, 4) is 16.9 Å². The Hall–Kier alpha value is -3.87. The van der Waals surface area contributed by atoms with Gasteiger partial charge in [0.1, 0.15) is 11.6 Å². The monoisotopic (exact) mass is 374 g/mol. The molecule has 7 heteroatoms. The molecule has 0 radical (unpaired) electrons. The number of rotatable bonds is 2. The maximum Gasteiger partial charge on any atom is 0.251 e. The molecule has 5 rings (SSSR count). The highest BCUT2D eigenvalue weighted by molar-refractivity contribution is 6.06. The number of hydrogen-bond acceptors (Lipinski definition) is 4. The second-order valence-electron chi connectivity index (χ2n) is 6.69. The van der Waals surface area contributed by atoms with Crippen LogP contribution in [-0.4, -0.2) is 20.6 Å². The fourth-order valence-electron chi connectivity index (χ4n) is 3.85. The van der Waals surface area contributed by atoms with Gasteiger partial charge in [-0.05, 0) is 18.2 Å². The Morgan fingerprint density at radius 2 is 2.00 bits per heavy atom. The molecular formula is C21H15FN4O2. The Morgan fingerprint density at radius 1 is 1.18 bits per heavy atom. The number of halogens is 1. The van der Waals surface area contributed by atoms with Crippen LogP contribution in [0.1, 0.15) is 27.5 Å². The van der Waals surface area contributed by atoms with Crippen molar-refractivity contribution in [1.29, 1.82) is 0 Å². The van der Waals surface area contributed by atoms with E-state index in [1.165, 1.54) is 12.3 Å². The summed E-state index contributed by atoms with van der Waals surface area (Å²) in [5.74, 6) is -1.26. The van der Waals surface area contributed by atoms with Crippen molar-refractivity contribution in [1.82, 2.24) is 9.61 Å². The first-order valence-corrected chi connectivity index (χ1v) is 8.69. The molecule has 4 N–H and O–H groups in total. The number of nitrogens with one attached hydrogen (secondary N) is 1. The van der Waals surface area contributed by atoms with E-state index in [9.17, 15) is 14.3 Å². The van der Waals surface area contributed by atoms with Gasteiger partial charge < -0.3 is 16.2 Å². The second kappa shape index (κ2) is 5.82. The van der Waals surface area contributed by atoms with Gasteiger partial charge >= 0.3 is 0 Å². The van der Waals surface area contributed by atoms with Gasteiger partial charge in [-0.1, -0.05) is 24.3 Å². The topological polar surface area (TPSA) is 92.7 Å². The van der Waals surface area contributed by atoms with Crippen molar-refractivity contribution in [2.75, 3.05) is 5.32 Å². The number of amides is 1. The van der Waals surface area contributed by atoms with Crippen molar-refractivity contribution >= 4 is 17.1 Å². The SMILES string of the molecule is NC(=O)c1cnn2ccc3c2c1-c1ccccc1NC3c1ccc(O)cc1F. The fraction of sp³-hybridized carbons (Fsp3) is 0.0476. The number of hydrogen-bond donors (Lipinski definition) is 3. The van der Waals surface area contributed by atoms with Crippen molar-refractivity contribution in [3.63, 3.8) is 0 Å². The van der Waals surface area contributed by atoms with Crippen molar-refractivity contribution in [2.45, 2.75) is 6.04 Å². The molecule has 0 spiro atoms. The highest BCUT2D eigenvalue weighted by Crippen LogP contribution is 2.44. The normalized spacial score (nSPS) is 15.0. The molecule has 4 aromatic rings. The number of primary amides is 1. The molecule has 28 heavy (non-hydrogen) atoms. The average Bonchev–Trinajstić information content (AvgIpc) is 3.04. The van der Waals surface area contributed by atoms with Crippen molar-refractivity contribution < 1.29 is 14.3 Å². The Labute approximate surface area is 159 Å². The van der Waals surface area contributed by atoms with Crippen LogP contribution in [-0.2, 0) is 0 Å². The van der Waals surface area contributed by atoms with Crippen LogP contribution in [0.2, 0.25) is 0 Å². The summed E-state index contributed by atoms with van der Waals surface area (Å²) in [4.78, 5) is 12.1. The number of carbonyl (C=O) groups excluding carboxylic acids is 1. The van der Waals surface area contributed by atoms with Gasteiger partial charge in [0.2, 0.25) is 0 Å². The summed E-state index contributed by atoms with van der Waals surface area (Å²) in [5.41, 5.74) is 9.92. The first kappa shape index (κ1) is 16.3. The van der Waals surface area contributed by atoms with E-state index in [1.807, 2.05) is 30.3 Å². The Morgan fingerprint density at radius 3 is 2.79 bits per heavy atom. The number of benzene rings is 2. The minimum absolute atomic E-state index is 0.143. The fourth-order valence-corrected chi connectivity index (χ4v) is 3.85. The van der Waals surface area contributed by atoms with E-state index in [2.05, 4.69) is 10.4 Å². The van der Waals surface area contributed by atoms with Gasteiger partial charge in [0.25, 0.3) is 5.91 Å². The molecule has 2 aromatic heterocycles. The van der Waals surface area contributed by atoms with Crippen LogP contribution in [0.5, 0.6) is 5.75 Å². The number of phenols is 1. The van der Waals surface area contributed by atoms with Crippen molar-refractivity contribution in [3.05, 3.63) is 83.4 Å². The third kappa shape index (κ3) is 2.26. The summed E-state index contributed by atoms with van der Waals surface area (Å²) in [5, 5.41) is 17.3. The lowest BCUT2D eigenvalue weighted by molar-refractivity contribution is 0.100. The summed E-state index contributed by atoms with van der Waals surface area (Å²) in [7, 11) is 0. The van der Waals surface area contributed by atoms with Gasteiger partial charge in [0, 0.05) is 40.2 Å². The van der Waals surface area contributed by atoms with Crippen LogP contribution in [0.25, 0.3) is 16.6 Å². The van der Waals surface area contributed by atoms with E-state index < -0.39 is 17.8 Å². The molecule has 3 heterocycles. The van der Waals surface area contributed by atoms with Gasteiger partial charge in [-0.3, -0.25) is 4.79 Å². The van der Waals surface area contributed by atoms with Gasteiger partial charge in [-0.2, -0.15) is 5.10 Å². The predicted octanol–water partition coefficient (Wildman–Crippen LogP) is 3.46. The van der Waals surface area contributed by atoms with Crippen LogP contribution >= 0.6 is 0 Å². The largest absolute Gasteiger partial charge is 0.508 e. The number of fused-ring (bicyclic) bond motifs is 2. The average molecular weight is 374 g/mol. The van der Waals surface area contributed by atoms with E-state index >= 15 is 0 Å². The molecule has 0 aliphatic carbocycles. The molecule has 138 valence electrons. The molecular weight excluding hydrogens is 359 g/mol. The highest BCUT2D eigenvalue weighted by Gasteiger charge is 2.30. The molecule has 2 aromatic carbocycles. The van der Waals surface area contributed by atoms with E-state index in [0.717, 1.165) is 22.9 Å². The number of aromatic nitrogens is 2. The Bertz CT molecular complexity index is 1260. The Balaban J connectivity index is 1.89. The molecule has 0 saturated heterocycles. The lowest BCUT2D eigenvalue weighted by atomic mass is 9.96. The molecule has 1 aliphatic heterocycles. The number of aromatic hydroxyl groups is 1. The third-order valence-corrected chi connectivity index (χ3v) is 5.08. The molecule has 1 aliphatic rings. The minimum Gasteiger partial charge on any atom is -0.508 e. The first-order valence-electron chi connectivity index (χ1n) is 8.69. The highest BCUT2D eigenvalue weighted by atomic mass is 19.1. The quantitative estimate of drug-likeness (QED) is 0.501. The standard InChI is InChI=1S/C21H15FN4O2/c22-16-9-11(27)5-6-12(16)19-14-7-8-26-20(14)18(15(10-24-26)21(23)28)13-3-1-2-4-17(13)25-19/h1-10,19,25,27H,(H2,23,28). The molecule has 1 unspecified atom stereocenters. The summed E-state index contributed by atoms with van der Waals surface area (Å²) < 4.78 is 16.4. The van der Waals surface area contributed by atoms with Gasteiger partial charge in [0.15, 0.2) is 0 Å². The number of phenolic OH excluding ortho intramolecular Hbond substituents is 1. The smallest absolute Gasteiger partial charge is 0.251 e. The number of anilines is 1. The van der Waals surface area contributed by atoms with Crippen LogP contribution in [0.3, 0.4) is 0 Å². The molecule has 0 fully saturated rings. The van der Waals surface area contributed by atoms with Gasteiger partial charge in [-0.15, -0.1) is 0 Å². The second-order valence-corrected chi connectivity index (χ2v) is 6.69. The van der Waals surface area contributed by atoms with E-state index in [4.69, 9.17) is 5.73 Å². The van der Waals surface area contributed by atoms with Crippen molar-refractivity contribution in [2.24, 2.45) is 5.73 Å². The van der Waals surface area contributed by atoms with Crippen LogP contribution < -0.4 is 11.1 Å². The van der Waals surface area contributed by atoms with E-state index in [0.29, 0.717) is 22.2 Å². The van der Waals surface area contributed by atoms with E-state index in [1.54, 1.807) is 16.8 Å². The number of nitrogens with zero attached hydrogens (tertiary/aromatic N) is 2. The van der Waals surface area contributed by atoms with Gasteiger partial charge in [0.05, 0.1) is 23.3 Å². The first-order chi connectivity index (χ1) is 13.5. The molecule has 1 amide bonds. The lowest BCUT2D eigenvalue weighted by Gasteiger charge is -2.20. The predicted molar refractivity (Wildman–Crippen MR) is 103 cm³/mol. The molecule has 0 saturated carbocycles. The molecule has 0 bridgehead atoms. The zero-order valence-corrected chi connectivity index (χ0v) is 14.6. The molecule has 1 atom stereocenters. The summed E-state index contributed by atoms with van der Waals surface area (Å²) in [6.07, 6.45) is 3.21. The summed E-state index contributed by atoms with van der Waals surface area (Å²) >= 11 is 0. The lowest BCUT2D eigenvalue weighted by Crippen LogP contribution is -2.14. The van der Waals surface area contributed by atoms with Crippen LogP contribution in [0.4, 0.5) is 10.1 Å².